The van der Waals surface area contributed by atoms with Crippen molar-refractivity contribution in [2.45, 2.75) is 26.7 Å². The van der Waals surface area contributed by atoms with E-state index >= 15 is 0 Å². The van der Waals surface area contributed by atoms with Crippen molar-refractivity contribution in [1.82, 2.24) is 4.98 Å². The zero-order chi connectivity index (χ0) is 17.1. The van der Waals surface area contributed by atoms with E-state index in [2.05, 4.69) is 10.3 Å². The number of hydrogen-bond donors (Lipinski definition) is 1. The summed E-state index contributed by atoms with van der Waals surface area (Å²) in [6, 6.07) is 7.25. The highest BCUT2D eigenvalue weighted by Gasteiger charge is 2.21. The Bertz CT molecular complexity index is 753. The van der Waals surface area contributed by atoms with Gasteiger partial charge in [0, 0.05) is 29.6 Å². The smallest absolute Gasteiger partial charge is 0.264 e. The molecule has 1 N–H and O–H groups in total. The van der Waals surface area contributed by atoms with Crippen LogP contribution >= 0.6 is 11.3 Å². The summed E-state index contributed by atoms with van der Waals surface area (Å²) < 4.78 is 5.54. The molecule has 1 aromatic heterocycles. The molecule has 1 aromatic carbocycles. The number of aryl methyl sites for hydroxylation is 2. The molecule has 6 nitrogen and oxygen atoms in total. The van der Waals surface area contributed by atoms with Gasteiger partial charge in [-0.15, -0.1) is 11.3 Å². The summed E-state index contributed by atoms with van der Waals surface area (Å²) in [5.74, 6) is 0.430. The topological polar surface area (TPSA) is 71.5 Å². The number of ether oxygens (including phenoxy) is 1. The molecular weight excluding hydrogens is 326 g/mol. The number of nitrogens with one attached hydrogen (secondary N) is 1. The van der Waals surface area contributed by atoms with Crippen molar-refractivity contribution in [2.75, 3.05) is 23.4 Å². The van der Waals surface area contributed by atoms with Gasteiger partial charge in [-0.1, -0.05) is 6.07 Å². The average molecular weight is 345 g/mol. The third-order valence-corrected chi connectivity index (χ3v) is 4.84. The van der Waals surface area contributed by atoms with Crippen LogP contribution in [0.5, 0.6) is 5.75 Å². The second-order valence-electron chi connectivity index (χ2n) is 5.64. The van der Waals surface area contributed by atoms with E-state index in [1.54, 1.807) is 17.0 Å². The number of carbonyl (C=O) groups excluding carboxylic acids is 2. The molecule has 0 atom stereocenters. The number of amides is 2. The number of aromatic nitrogens is 1. The first kappa shape index (κ1) is 16.4. The van der Waals surface area contributed by atoms with Crippen molar-refractivity contribution in [1.29, 1.82) is 0 Å². The normalized spacial score (nSPS) is 14.1. The standard InChI is InChI=1S/C17H19N3O3S/c1-11-12(2)24-17(18-11)19-15(21)10-23-14-6-3-5-13(9-14)20-8-4-7-16(20)22/h3,5-6,9H,4,7-8,10H2,1-2H3,(H,18,19,21). The van der Waals surface area contributed by atoms with E-state index < -0.39 is 0 Å². The first-order chi connectivity index (χ1) is 11.5. The molecular formula is C17H19N3O3S. The predicted octanol–water partition coefficient (Wildman–Crippen LogP) is 2.90. The minimum atomic E-state index is -0.258. The molecule has 0 spiro atoms. The lowest BCUT2D eigenvalue weighted by Crippen LogP contribution is -2.24. The third-order valence-electron chi connectivity index (χ3n) is 3.85. The van der Waals surface area contributed by atoms with Gasteiger partial charge in [-0.05, 0) is 32.4 Å². The molecule has 0 radical (unpaired) electrons. The minimum Gasteiger partial charge on any atom is -0.484 e. The molecule has 0 bridgehead atoms. The summed E-state index contributed by atoms with van der Waals surface area (Å²) in [5.41, 5.74) is 1.72. The van der Waals surface area contributed by atoms with Gasteiger partial charge < -0.3 is 9.64 Å². The Hall–Kier alpha value is -2.41. The molecule has 3 rings (SSSR count). The summed E-state index contributed by atoms with van der Waals surface area (Å²) in [6.07, 6.45) is 1.46. The van der Waals surface area contributed by atoms with Gasteiger partial charge in [0.15, 0.2) is 11.7 Å². The number of thiazole rings is 1. The van der Waals surface area contributed by atoms with Gasteiger partial charge >= 0.3 is 0 Å². The highest BCUT2D eigenvalue weighted by Crippen LogP contribution is 2.25. The van der Waals surface area contributed by atoms with Gasteiger partial charge in [0.1, 0.15) is 5.75 Å². The molecule has 1 aliphatic rings. The van der Waals surface area contributed by atoms with E-state index in [1.165, 1.54) is 11.3 Å². The van der Waals surface area contributed by atoms with Crippen LogP contribution < -0.4 is 15.0 Å². The van der Waals surface area contributed by atoms with Crippen molar-refractivity contribution in [3.63, 3.8) is 0 Å². The fraction of sp³-hybridized carbons (Fsp3) is 0.353. The number of rotatable bonds is 5. The van der Waals surface area contributed by atoms with E-state index in [0.717, 1.165) is 29.2 Å². The van der Waals surface area contributed by atoms with E-state index in [4.69, 9.17) is 4.74 Å². The summed E-state index contributed by atoms with van der Waals surface area (Å²) in [6.45, 7) is 4.49. The summed E-state index contributed by atoms with van der Waals surface area (Å²) >= 11 is 1.44. The van der Waals surface area contributed by atoms with Crippen LogP contribution in [0.2, 0.25) is 0 Å². The Balaban J connectivity index is 1.58. The molecule has 24 heavy (non-hydrogen) atoms. The van der Waals surface area contributed by atoms with Crippen molar-refractivity contribution in [3.05, 3.63) is 34.8 Å². The number of hydrogen-bond acceptors (Lipinski definition) is 5. The molecule has 2 amide bonds. The average Bonchev–Trinajstić information content (AvgIpc) is 3.11. The Morgan fingerprint density at radius 3 is 2.92 bits per heavy atom. The Morgan fingerprint density at radius 2 is 2.25 bits per heavy atom. The SMILES string of the molecule is Cc1nc(NC(=O)COc2cccc(N3CCCC3=O)c2)sc1C. The molecule has 2 heterocycles. The van der Waals surface area contributed by atoms with Crippen molar-refractivity contribution in [2.24, 2.45) is 0 Å². The molecule has 1 saturated heterocycles. The quantitative estimate of drug-likeness (QED) is 0.904. The van der Waals surface area contributed by atoms with Gasteiger partial charge in [0.2, 0.25) is 5.91 Å². The molecule has 2 aromatic rings. The van der Waals surface area contributed by atoms with E-state index in [-0.39, 0.29) is 18.4 Å². The molecule has 0 unspecified atom stereocenters. The Labute approximate surface area is 144 Å². The Morgan fingerprint density at radius 1 is 1.42 bits per heavy atom. The van der Waals surface area contributed by atoms with Gasteiger partial charge in [0.25, 0.3) is 5.91 Å². The lowest BCUT2D eigenvalue weighted by molar-refractivity contribution is -0.118. The monoisotopic (exact) mass is 345 g/mol. The van der Waals surface area contributed by atoms with Crippen molar-refractivity contribution >= 4 is 34.0 Å². The maximum absolute atomic E-state index is 12.0. The van der Waals surface area contributed by atoms with Crippen LogP contribution in [0.15, 0.2) is 24.3 Å². The van der Waals surface area contributed by atoms with Crippen LogP contribution in [0.25, 0.3) is 0 Å². The fourth-order valence-corrected chi connectivity index (χ4v) is 3.32. The summed E-state index contributed by atoms with van der Waals surface area (Å²) in [4.78, 5) is 30.9. The van der Waals surface area contributed by atoms with Crippen LogP contribution in [0, 0.1) is 13.8 Å². The molecule has 0 aliphatic carbocycles. The van der Waals surface area contributed by atoms with Gasteiger partial charge in [-0.3, -0.25) is 14.9 Å². The lowest BCUT2D eigenvalue weighted by Gasteiger charge is -2.16. The van der Waals surface area contributed by atoms with Crippen molar-refractivity contribution in [3.8, 4) is 5.75 Å². The van der Waals surface area contributed by atoms with Gasteiger partial charge in [-0.2, -0.15) is 0 Å². The third kappa shape index (κ3) is 3.73. The highest BCUT2D eigenvalue weighted by molar-refractivity contribution is 7.15. The number of nitrogens with zero attached hydrogens (tertiary/aromatic N) is 2. The first-order valence-corrected chi connectivity index (χ1v) is 8.61. The lowest BCUT2D eigenvalue weighted by atomic mass is 10.3. The summed E-state index contributed by atoms with van der Waals surface area (Å²) in [7, 11) is 0. The zero-order valence-electron chi connectivity index (χ0n) is 13.7. The highest BCUT2D eigenvalue weighted by atomic mass is 32.1. The first-order valence-electron chi connectivity index (χ1n) is 7.80. The van der Waals surface area contributed by atoms with E-state index in [9.17, 15) is 9.59 Å². The van der Waals surface area contributed by atoms with Crippen LogP contribution in [0.3, 0.4) is 0 Å². The molecule has 1 aliphatic heterocycles. The fourth-order valence-electron chi connectivity index (χ4n) is 2.49. The number of carbonyl (C=O) groups is 2. The van der Waals surface area contributed by atoms with Crippen LogP contribution in [-0.2, 0) is 9.59 Å². The van der Waals surface area contributed by atoms with E-state index in [1.807, 2.05) is 26.0 Å². The second kappa shape index (κ2) is 7.00. The van der Waals surface area contributed by atoms with E-state index in [0.29, 0.717) is 17.3 Å². The zero-order valence-corrected chi connectivity index (χ0v) is 14.5. The molecule has 1 fully saturated rings. The molecule has 7 heteroatoms. The van der Waals surface area contributed by atoms with Crippen molar-refractivity contribution < 1.29 is 14.3 Å². The molecule has 0 saturated carbocycles. The number of anilines is 2. The maximum atomic E-state index is 12.0. The van der Waals surface area contributed by atoms with Crippen LogP contribution in [-0.4, -0.2) is 29.9 Å². The summed E-state index contributed by atoms with van der Waals surface area (Å²) in [5, 5.41) is 3.31. The van der Waals surface area contributed by atoms with Crippen LogP contribution in [0.1, 0.15) is 23.4 Å². The van der Waals surface area contributed by atoms with Crippen LogP contribution in [0.4, 0.5) is 10.8 Å². The maximum Gasteiger partial charge on any atom is 0.264 e. The second-order valence-corrected chi connectivity index (χ2v) is 6.85. The number of benzene rings is 1. The largest absolute Gasteiger partial charge is 0.484 e. The Kier molecular flexibility index (Phi) is 4.80. The van der Waals surface area contributed by atoms with Gasteiger partial charge in [0.05, 0.1) is 5.69 Å². The minimum absolute atomic E-state index is 0.102. The predicted molar refractivity (Wildman–Crippen MR) is 93.7 cm³/mol. The molecule has 126 valence electrons. The van der Waals surface area contributed by atoms with Gasteiger partial charge in [-0.25, -0.2) is 4.98 Å².